The van der Waals surface area contributed by atoms with Crippen LogP contribution >= 0.6 is 0 Å². The number of hydrogen-bond acceptors (Lipinski definition) is 4. The minimum absolute atomic E-state index is 0.288. The van der Waals surface area contributed by atoms with Crippen molar-refractivity contribution in [2.45, 2.75) is 12.6 Å². The number of aromatic nitrogens is 4. The molecule has 3 heterocycles. The van der Waals surface area contributed by atoms with Crippen molar-refractivity contribution in [2.24, 2.45) is 5.92 Å². The molecule has 1 aromatic carbocycles. The zero-order valence-electron chi connectivity index (χ0n) is 14.4. The van der Waals surface area contributed by atoms with Crippen molar-refractivity contribution in [2.75, 3.05) is 12.4 Å². The number of ether oxygens (including phenoxy) is 1. The van der Waals surface area contributed by atoms with Crippen LogP contribution in [0.25, 0.3) is 33.2 Å². The van der Waals surface area contributed by atoms with E-state index in [1.807, 2.05) is 24.4 Å². The van der Waals surface area contributed by atoms with Crippen molar-refractivity contribution in [3.63, 3.8) is 0 Å². The number of H-pyrrole nitrogens is 2. The van der Waals surface area contributed by atoms with Crippen LogP contribution in [0.4, 0.5) is 10.2 Å². The van der Waals surface area contributed by atoms with Crippen LogP contribution in [0.2, 0.25) is 0 Å². The fourth-order valence-corrected chi connectivity index (χ4v) is 3.35. The second-order valence-corrected chi connectivity index (χ2v) is 6.59. The van der Waals surface area contributed by atoms with E-state index in [-0.39, 0.29) is 12.3 Å². The molecule has 0 saturated heterocycles. The molecule has 2 unspecified atom stereocenters. The highest BCUT2D eigenvalue weighted by Gasteiger charge is 2.43. The van der Waals surface area contributed by atoms with Crippen LogP contribution in [0.15, 0.2) is 36.8 Å². The van der Waals surface area contributed by atoms with Gasteiger partial charge in [-0.2, -0.15) is 0 Å². The lowest BCUT2D eigenvalue weighted by Crippen LogP contribution is -2.15. The second-order valence-electron chi connectivity index (χ2n) is 6.59. The van der Waals surface area contributed by atoms with Gasteiger partial charge in [0, 0.05) is 22.7 Å². The monoisotopic (exact) mass is 365 g/mol. The van der Waals surface area contributed by atoms with Gasteiger partial charge in [-0.25, -0.2) is 14.4 Å². The van der Waals surface area contributed by atoms with Gasteiger partial charge in [-0.1, -0.05) is 0 Å². The maximum absolute atomic E-state index is 13.0. The fraction of sp³-hybridized carbons (Fsp3) is 0.211. The van der Waals surface area contributed by atoms with Crippen molar-refractivity contribution < 1.29 is 13.9 Å². The molecule has 0 radical (unpaired) electrons. The number of alkyl halides is 1. The molecule has 0 aliphatic heterocycles. The molecule has 27 heavy (non-hydrogen) atoms. The summed E-state index contributed by atoms with van der Waals surface area (Å²) in [5, 5.41) is 3.55. The topological polar surface area (TPSA) is 95.7 Å². The Morgan fingerprint density at radius 2 is 2.11 bits per heavy atom. The number of hydrogen-bond donors (Lipinski definition) is 3. The Kier molecular flexibility index (Phi) is 3.40. The maximum Gasteiger partial charge on any atom is 0.231 e. The van der Waals surface area contributed by atoms with Gasteiger partial charge in [0.1, 0.15) is 23.2 Å². The molecular weight excluding hydrogens is 349 g/mol. The number of methoxy groups -OCH3 is 1. The second kappa shape index (κ2) is 5.80. The molecule has 3 aromatic heterocycles. The summed E-state index contributed by atoms with van der Waals surface area (Å²) in [5.41, 5.74) is 4.08. The van der Waals surface area contributed by atoms with Crippen LogP contribution in [-0.4, -0.2) is 39.1 Å². The van der Waals surface area contributed by atoms with Crippen molar-refractivity contribution in [3.05, 3.63) is 36.8 Å². The van der Waals surface area contributed by atoms with Crippen LogP contribution in [0, 0.1) is 5.92 Å². The standard InChI is InChI=1S/C19H16FN5O2/c1-27-17-9(2-4-14-16(17)23-8-22-14)12-7-21-18-10(12)3-5-15(24-18)25-19(26)11-6-13(11)20/h2-5,7-8,11,13H,6H2,1H3,(H,22,23)(H2,21,24,25,26). The highest BCUT2D eigenvalue weighted by Crippen LogP contribution is 2.39. The average molecular weight is 365 g/mol. The maximum atomic E-state index is 13.0. The van der Waals surface area contributed by atoms with E-state index in [9.17, 15) is 9.18 Å². The zero-order chi connectivity index (χ0) is 18.5. The lowest BCUT2D eigenvalue weighted by atomic mass is 10.0. The van der Waals surface area contributed by atoms with Gasteiger partial charge in [0.15, 0.2) is 5.75 Å². The smallest absolute Gasteiger partial charge is 0.231 e. The summed E-state index contributed by atoms with van der Waals surface area (Å²) >= 11 is 0. The molecule has 1 aliphatic rings. The number of nitrogens with one attached hydrogen (secondary N) is 3. The number of amides is 1. The first kappa shape index (κ1) is 15.8. The Morgan fingerprint density at radius 3 is 2.89 bits per heavy atom. The molecule has 0 spiro atoms. The van der Waals surface area contributed by atoms with Gasteiger partial charge in [-0.05, 0) is 30.7 Å². The zero-order valence-corrected chi connectivity index (χ0v) is 14.4. The Balaban J connectivity index is 1.54. The van der Waals surface area contributed by atoms with Gasteiger partial charge in [-0.3, -0.25) is 4.79 Å². The molecule has 1 saturated carbocycles. The lowest BCUT2D eigenvalue weighted by molar-refractivity contribution is -0.117. The van der Waals surface area contributed by atoms with Crippen molar-refractivity contribution >= 4 is 33.8 Å². The van der Waals surface area contributed by atoms with Gasteiger partial charge >= 0.3 is 0 Å². The van der Waals surface area contributed by atoms with E-state index in [4.69, 9.17) is 4.74 Å². The molecule has 4 aromatic rings. The number of carbonyl (C=O) groups excluding carboxylic acids is 1. The lowest BCUT2D eigenvalue weighted by Gasteiger charge is -2.08. The number of carbonyl (C=O) groups is 1. The largest absolute Gasteiger partial charge is 0.494 e. The Bertz CT molecular complexity index is 1180. The van der Waals surface area contributed by atoms with Crippen LogP contribution in [-0.2, 0) is 4.79 Å². The van der Waals surface area contributed by atoms with Gasteiger partial charge in [0.25, 0.3) is 0 Å². The molecule has 7 nitrogen and oxygen atoms in total. The van der Waals surface area contributed by atoms with Crippen LogP contribution in [0.1, 0.15) is 6.42 Å². The molecular formula is C19H16FN5O2. The fourth-order valence-electron chi connectivity index (χ4n) is 3.35. The van der Waals surface area contributed by atoms with E-state index in [0.717, 1.165) is 27.5 Å². The highest BCUT2D eigenvalue weighted by atomic mass is 19.1. The SMILES string of the molecule is COc1c(-c2c[nH]c3nc(NC(=O)C4CC4F)ccc23)ccc2[nH]cnc12. The number of halogens is 1. The summed E-state index contributed by atoms with van der Waals surface area (Å²) in [6, 6.07) is 7.50. The quantitative estimate of drug-likeness (QED) is 0.516. The Morgan fingerprint density at radius 1 is 1.26 bits per heavy atom. The highest BCUT2D eigenvalue weighted by molar-refractivity contribution is 6.01. The number of imidazole rings is 1. The van der Waals surface area contributed by atoms with Crippen LogP contribution in [0.3, 0.4) is 0 Å². The molecule has 136 valence electrons. The number of benzene rings is 1. The predicted molar refractivity (Wildman–Crippen MR) is 99.4 cm³/mol. The van der Waals surface area contributed by atoms with E-state index in [1.54, 1.807) is 19.5 Å². The summed E-state index contributed by atoms with van der Waals surface area (Å²) in [4.78, 5) is 26.9. The molecule has 0 bridgehead atoms. The van der Waals surface area contributed by atoms with E-state index < -0.39 is 12.1 Å². The van der Waals surface area contributed by atoms with E-state index >= 15 is 0 Å². The summed E-state index contributed by atoms with van der Waals surface area (Å²) in [6.07, 6.45) is 2.73. The van der Waals surface area contributed by atoms with Gasteiger partial charge < -0.3 is 20.0 Å². The summed E-state index contributed by atoms with van der Waals surface area (Å²) < 4.78 is 18.6. The predicted octanol–water partition coefficient (Wildman–Crippen LogP) is 3.41. The third kappa shape index (κ3) is 2.52. The number of aromatic amines is 2. The first-order valence-corrected chi connectivity index (χ1v) is 8.59. The van der Waals surface area contributed by atoms with Crippen molar-refractivity contribution in [1.29, 1.82) is 0 Å². The molecule has 8 heteroatoms. The molecule has 1 fully saturated rings. The minimum Gasteiger partial charge on any atom is -0.494 e. The Hall–Kier alpha value is -3.42. The van der Waals surface area contributed by atoms with Gasteiger partial charge in [-0.15, -0.1) is 0 Å². The van der Waals surface area contributed by atoms with Crippen molar-refractivity contribution in [3.8, 4) is 16.9 Å². The molecule has 2 atom stereocenters. The number of fused-ring (bicyclic) bond motifs is 2. The van der Waals surface area contributed by atoms with Gasteiger partial charge in [0.2, 0.25) is 5.91 Å². The normalized spacial score (nSPS) is 18.7. The third-order valence-corrected chi connectivity index (χ3v) is 4.88. The van der Waals surface area contributed by atoms with E-state index in [1.165, 1.54) is 0 Å². The number of anilines is 1. The average Bonchev–Trinajstić information content (AvgIpc) is 3.07. The number of pyridine rings is 1. The Labute approximate surface area is 153 Å². The third-order valence-electron chi connectivity index (χ3n) is 4.88. The molecule has 1 aliphatic carbocycles. The number of nitrogens with zero attached hydrogens (tertiary/aromatic N) is 2. The van der Waals surface area contributed by atoms with Gasteiger partial charge in [0.05, 0.1) is 24.9 Å². The summed E-state index contributed by atoms with van der Waals surface area (Å²) in [6.45, 7) is 0. The first-order valence-electron chi connectivity index (χ1n) is 8.59. The molecule has 3 N–H and O–H groups in total. The first-order chi connectivity index (χ1) is 13.2. The van der Waals surface area contributed by atoms with Crippen LogP contribution < -0.4 is 10.1 Å². The van der Waals surface area contributed by atoms with Crippen molar-refractivity contribution in [1.82, 2.24) is 19.9 Å². The minimum atomic E-state index is -1.03. The van der Waals surface area contributed by atoms with E-state index in [2.05, 4.69) is 25.3 Å². The van der Waals surface area contributed by atoms with Crippen LogP contribution in [0.5, 0.6) is 5.75 Å². The molecule has 5 rings (SSSR count). The van der Waals surface area contributed by atoms with E-state index in [0.29, 0.717) is 17.2 Å². The summed E-state index contributed by atoms with van der Waals surface area (Å²) in [7, 11) is 1.61. The molecule has 1 amide bonds. The number of rotatable bonds is 4. The summed E-state index contributed by atoms with van der Waals surface area (Å²) in [5.74, 6) is 0.197.